The van der Waals surface area contributed by atoms with E-state index in [-0.39, 0.29) is 6.42 Å². The van der Waals surface area contributed by atoms with Crippen molar-refractivity contribution in [2.75, 3.05) is 13.7 Å². The van der Waals surface area contributed by atoms with Crippen LogP contribution in [0.15, 0.2) is 11.8 Å². The predicted octanol–water partition coefficient (Wildman–Crippen LogP) is 0.605. The zero-order chi connectivity index (χ0) is 9.68. The van der Waals surface area contributed by atoms with E-state index in [9.17, 15) is 9.90 Å². The lowest BCUT2D eigenvalue weighted by Crippen LogP contribution is -2.19. The molecule has 1 aliphatic rings. The van der Waals surface area contributed by atoms with E-state index in [2.05, 4.69) is 4.74 Å². The van der Waals surface area contributed by atoms with Crippen molar-refractivity contribution in [1.29, 1.82) is 0 Å². The lowest BCUT2D eigenvalue weighted by Gasteiger charge is -2.17. The molecule has 4 heteroatoms. The number of aliphatic hydroxyl groups is 1. The van der Waals surface area contributed by atoms with Crippen molar-refractivity contribution in [2.45, 2.75) is 25.4 Å². The van der Waals surface area contributed by atoms with E-state index in [1.165, 1.54) is 13.4 Å². The Balaban J connectivity index is 2.41. The van der Waals surface area contributed by atoms with Gasteiger partial charge in [0.25, 0.3) is 0 Å². The van der Waals surface area contributed by atoms with Crippen LogP contribution in [0, 0.1) is 0 Å². The van der Waals surface area contributed by atoms with Crippen LogP contribution >= 0.6 is 0 Å². The summed E-state index contributed by atoms with van der Waals surface area (Å²) in [5, 5.41) is 9.53. The molecule has 0 aliphatic carbocycles. The van der Waals surface area contributed by atoms with Gasteiger partial charge in [0, 0.05) is 0 Å². The topological polar surface area (TPSA) is 55.8 Å². The van der Waals surface area contributed by atoms with Crippen molar-refractivity contribution >= 4 is 5.97 Å². The molecule has 4 nitrogen and oxygen atoms in total. The fourth-order valence-corrected chi connectivity index (χ4v) is 1.20. The maximum atomic E-state index is 10.8. The summed E-state index contributed by atoms with van der Waals surface area (Å²) in [6.07, 6.45) is 2.47. The van der Waals surface area contributed by atoms with E-state index >= 15 is 0 Å². The number of carbonyl (C=O) groups excluding carboxylic acids is 1. The monoisotopic (exact) mass is 186 g/mol. The van der Waals surface area contributed by atoms with Crippen molar-refractivity contribution in [3.8, 4) is 0 Å². The minimum atomic E-state index is -0.757. The zero-order valence-corrected chi connectivity index (χ0v) is 7.66. The van der Waals surface area contributed by atoms with Crippen molar-refractivity contribution < 1.29 is 19.4 Å². The standard InChI is InChI=1S/C9H14O4/c1-12-9(11)5-8(10)7-3-2-4-13-6-7/h6,8,10H,2-5H2,1H3/t8-/m0/s1. The van der Waals surface area contributed by atoms with Gasteiger partial charge in [-0.25, -0.2) is 0 Å². The van der Waals surface area contributed by atoms with E-state index in [1.807, 2.05) is 0 Å². The van der Waals surface area contributed by atoms with Crippen molar-refractivity contribution in [3.05, 3.63) is 11.8 Å². The maximum Gasteiger partial charge on any atom is 0.308 e. The fraction of sp³-hybridized carbons (Fsp3) is 0.667. The molecule has 0 saturated carbocycles. The first-order chi connectivity index (χ1) is 6.24. The number of ether oxygens (including phenoxy) is 2. The average Bonchev–Trinajstić information content (AvgIpc) is 2.19. The lowest BCUT2D eigenvalue weighted by atomic mass is 10.0. The summed E-state index contributed by atoms with van der Waals surface area (Å²) in [7, 11) is 1.31. The largest absolute Gasteiger partial charge is 0.501 e. The van der Waals surface area contributed by atoms with Crippen LogP contribution in [0.2, 0.25) is 0 Å². The Kier molecular flexibility index (Phi) is 3.76. The molecule has 13 heavy (non-hydrogen) atoms. The van der Waals surface area contributed by atoms with E-state index in [0.29, 0.717) is 6.61 Å². The molecule has 1 N–H and O–H groups in total. The molecule has 1 atom stereocenters. The first-order valence-electron chi connectivity index (χ1n) is 4.29. The summed E-state index contributed by atoms with van der Waals surface area (Å²) >= 11 is 0. The molecule has 1 rings (SSSR count). The number of esters is 1. The summed E-state index contributed by atoms with van der Waals surface area (Å²) in [4.78, 5) is 10.8. The first-order valence-corrected chi connectivity index (χ1v) is 4.29. The van der Waals surface area contributed by atoms with Crippen LogP contribution in [0.5, 0.6) is 0 Å². The van der Waals surface area contributed by atoms with E-state index < -0.39 is 12.1 Å². The second-order valence-electron chi connectivity index (χ2n) is 2.96. The van der Waals surface area contributed by atoms with Gasteiger partial charge in [-0.1, -0.05) is 0 Å². The molecular weight excluding hydrogens is 172 g/mol. The van der Waals surface area contributed by atoms with Gasteiger partial charge in [0.05, 0.1) is 32.5 Å². The van der Waals surface area contributed by atoms with Crippen LogP contribution in [0.25, 0.3) is 0 Å². The highest BCUT2D eigenvalue weighted by atomic mass is 16.5. The number of hydrogen-bond acceptors (Lipinski definition) is 4. The van der Waals surface area contributed by atoms with Gasteiger partial charge in [-0.2, -0.15) is 0 Å². The molecule has 0 aromatic heterocycles. The van der Waals surface area contributed by atoms with Gasteiger partial charge >= 0.3 is 5.97 Å². The highest BCUT2D eigenvalue weighted by molar-refractivity contribution is 5.70. The van der Waals surface area contributed by atoms with E-state index in [4.69, 9.17) is 4.74 Å². The molecule has 1 heterocycles. The Labute approximate surface area is 77.1 Å². The quantitative estimate of drug-likeness (QED) is 0.656. The minimum Gasteiger partial charge on any atom is -0.501 e. The Bertz CT molecular complexity index is 210. The molecule has 0 spiro atoms. The highest BCUT2D eigenvalue weighted by Gasteiger charge is 2.17. The average molecular weight is 186 g/mol. The van der Waals surface area contributed by atoms with Gasteiger partial charge in [0.2, 0.25) is 0 Å². The third-order valence-electron chi connectivity index (χ3n) is 1.98. The van der Waals surface area contributed by atoms with Gasteiger partial charge in [0.1, 0.15) is 0 Å². The molecule has 0 aromatic carbocycles. The maximum absolute atomic E-state index is 10.8. The fourth-order valence-electron chi connectivity index (χ4n) is 1.20. The minimum absolute atomic E-state index is 0.00565. The molecule has 1 aliphatic heterocycles. The van der Waals surface area contributed by atoms with Gasteiger partial charge in [-0.05, 0) is 18.4 Å². The Morgan fingerprint density at radius 2 is 2.62 bits per heavy atom. The summed E-state index contributed by atoms with van der Waals surface area (Å²) in [5.41, 5.74) is 0.775. The van der Waals surface area contributed by atoms with Gasteiger partial charge in [-0.15, -0.1) is 0 Å². The van der Waals surface area contributed by atoms with Gasteiger partial charge < -0.3 is 14.6 Å². The van der Waals surface area contributed by atoms with Crippen molar-refractivity contribution in [1.82, 2.24) is 0 Å². The molecule has 0 fully saturated rings. The van der Waals surface area contributed by atoms with Crippen LogP contribution in [0.1, 0.15) is 19.3 Å². The Morgan fingerprint density at radius 3 is 3.15 bits per heavy atom. The van der Waals surface area contributed by atoms with E-state index in [1.54, 1.807) is 0 Å². The molecule has 0 amide bonds. The second-order valence-corrected chi connectivity index (χ2v) is 2.96. The van der Waals surface area contributed by atoms with Crippen LogP contribution in [-0.2, 0) is 14.3 Å². The van der Waals surface area contributed by atoms with Gasteiger partial charge in [0.15, 0.2) is 0 Å². The highest BCUT2D eigenvalue weighted by Crippen LogP contribution is 2.17. The normalized spacial score (nSPS) is 18.5. The smallest absolute Gasteiger partial charge is 0.308 e. The van der Waals surface area contributed by atoms with Gasteiger partial charge in [-0.3, -0.25) is 4.79 Å². The molecular formula is C9H14O4. The molecule has 74 valence electrons. The molecule has 0 aromatic rings. The number of carbonyl (C=O) groups is 1. The summed E-state index contributed by atoms with van der Waals surface area (Å²) in [6.45, 7) is 0.689. The van der Waals surface area contributed by atoms with Crippen molar-refractivity contribution in [3.63, 3.8) is 0 Å². The number of hydrogen-bond donors (Lipinski definition) is 1. The van der Waals surface area contributed by atoms with Crippen LogP contribution in [0.3, 0.4) is 0 Å². The van der Waals surface area contributed by atoms with Crippen LogP contribution in [-0.4, -0.2) is 30.9 Å². The third kappa shape index (κ3) is 3.06. The molecule has 0 radical (unpaired) electrons. The zero-order valence-electron chi connectivity index (χ0n) is 7.66. The van der Waals surface area contributed by atoms with E-state index in [0.717, 1.165) is 18.4 Å². The summed E-state index contributed by atoms with van der Waals surface area (Å²) in [5.74, 6) is -0.404. The first kappa shape index (κ1) is 10.1. The third-order valence-corrected chi connectivity index (χ3v) is 1.98. The Hall–Kier alpha value is -1.03. The SMILES string of the molecule is COC(=O)C[C@H](O)C1=COCCC1. The Morgan fingerprint density at radius 1 is 1.85 bits per heavy atom. The second kappa shape index (κ2) is 4.87. The number of aliphatic hydroxyl groups excluding tert-OH is 1. The molecule has 0 unspecified atom stereocenters. The molecule has 0 saturated heterocycles. The van der Waals surface area contributed by atoms with Crippen molar-refractivity contribution in [2.24, 2.45) is 0 Å². The number of rotatable bonds is 3. The van der Waals surface area contributed by atoms with Crippen LogP contribution in [0.4, 0.5) is 0 Å². The summed E-state index contributed by atoms with van der Waals surface area (Å²) < 4.78 is 9.49. The van der Waals surface area contributed by atoms with Crippen LogP contribution < -0.4 is 0 Å². The predicted molar refractivity (Wildman–Crippen MR) is 45.9 cm³/mol. The lowest BCUT2D eigenvalue weighted by molar-refractivity contribution is -0.142. The molecule has 0 bridgehead atoms. The summed E-state index contributed by atoms with van der Waals surface area (Å²) in [6, 6.07) is 0. The number of methoxy groups -OCH3 is 1.